The van der Waals surface area contributed by atoms with Crippen LogP contribution in [0.2, 0.25) is 0 Å². The predicted octanol–water partition coefficient (Wildman–Crippen LogP) is 0.367. The minimum absolute atomic E-state index is 0.0727. The van der Waals surface area contributed by atoms with Gasteiger partial charge in [-0.1, -0.05) is 0 Å². The van der Waals surface area contributed by atoms with Crippen molar-refractivity contribution < 1.29 is 9.59 Å². The highest BCUT2D eigenvalue weighted by molar-refractivity contribution is 5.98. The molecule has 0 spiro atoms. The SMILES string of the molecule is CNCC(=O)c1ccc(N2CCN(C)C(=O)C2)cc1. The van der Waals surface area contributed by atoms with Crippen LogP contribution in [-0.4, -0.2) is 56.9 Å². The Morgan fingerprint density at radius 2 is 1.95 bits per heavy atom. The van der Waals surface area contributed by atoms with Crippen molar-refractivity contribution >= 4 is 17.4 Å². The maximum absolute atomic E-state index is 11.7. The number of hydrogen-bond donors (Lipinski definition) is 1. The molecule has 1 fully saturated rings. The first kappa shape index (κ1) is 13.5. The molecule has 0 aliphatic carbocycles. The van der Waals surface area contributed by atoms with Gasteiger partial charge in [0.1, 0.15) is 0 Å². The van der Waals surface area contributed by atoms with Crippen molar-refractivity contribution in [3.8, 4) is 0 Å². The van der Waals surface area contributed by atoms with Crippen LogP contribution in [0.4, 0.5) is 5.69 Å². The van der Waals surface area contributed by atoms with E-state index >= 15 is 0 Å². The number of amides is 1. The quantitative estimate of drug-likeness (QED) is 0.796. The van der Waals surface area contributed by atoms with Gasteiger partial charge < -0.3 is 15.1 Å². The van der Waals surface area contributed by atoms with Crippen LogP contribution in [0.25, 0.3) is 0 Å². The number of ketones is 1. The standard InChI is InChI=1S/C14H19N3O2/c1-15-9-13(18)11-3-5-12(6-4-11)17-8-7-16(2)14(19)10-17/h3-6,15H,7-10H2,1-2H3. The fourth-order valence-corrected chi connectivity index (χ4v) is 2.10. The molecule has 0 atom stereocenters. The number of hydrogen-bond acceptors (Lipinski definition) is 4. The molecule has 0 aromatic heterocycles. The number of likely N-dealkylation sites (N-methyl/N-ethyl adjacent to an activating group) is 2. The molecule has 0 saturated carbocycles. The summed E-state index contributed by atoms with van der Waals surface area (Å²) in [6, 6.07) is 7.44. The lowest BCUT2D eigenvalue weighted by atomic mass is 10.1. The van der Waals surface area contributed by atoms with E-state index in [1.165, 1.54) is 0 Å². The van der Waals surface area contributed by atoms with Crippen molar-refractivity contribution in [3.63, 3.8) is 0 Å². The second kappa shape index (κ2) is 5.84. The molecule has 5 nitrogen and oxygen atoms in total. The van der Waals surface area contributed by atoms with E-state index in [0.29, 0.717) is 18.7 Å². The third kappa shape index (κ3) is 3.12. The van der Waals surface area contributed by atoms with Gasteiger partial charge in [0.15, 0.2) is 5.78 Å². The van der Waals surface area contributed by atoms with Crippen molar-refractivity contribution in [1.29, 1.82) is 0 Å². The minimum atomic E-state index is 0.0727. The molecular weight excluding hydrogens is 242 g/mol. The van der Waals surface area contributed by atoms with Crippen LogP contribution in [0.3, 0.4) is 0 Å². The lowest BCUT2D eigenvalue weighted by Gasteiger charge is -2.33. The first-order valence-electron chi connectivity index (χ1n) is 6.38. The highest BCUT2D eigenvalue weighted by Gasteiger charge is 2.21. The van der Waals surface area contributed by atoms with Gasteiger partial charge in [0.25, 0.3) is 0 Å². The molecule has 0 radical (unpaired) electrons. The van der Waals surface area contributed by atoms with E-state index in [9.17, 15) is 9.59 Å². The maximum Gasteiger partial charge on any atom is 0.241 e. The molecule has 1 N–H and O–H groups in total. The smallest absolute Gasteiger partial charge is 0.241 e. The molecule has 19 heavy (non-hydrogen) atoms. The Morgan fingerprint density at radius 1 is 1.26 bits per heavy atom. The first-order chi connectivity index (χ1) is 9.11. The number of anilines is 1. The highest BCUT2D eigenvalue weighted by Crippen LogP contribution is 2.17. The maximum atomic E-state index is 11.7. The Kier molecular flexibility index (Phi) is 4.16. The van der Waals surface area contributed by atoms with Gasteiger partial charge >= 0.3 is 0 Å². The van der Waals surface area contributed by atoms with Crippen LogP contribution in [0.1, 0.15) is 10.4 Å². The fraction of sp³-hybridized carbons (Fsp3) is 0.429. The summed E-state index contributed by atoms with van der Waals surface area (Å²) >= 11 is 0. The number of benzene rings is 1. The average molecular weight is 261 g/mol. The first-order valence-corrected chi connectivity index (χ1v) is 6.38. The van der Waals surface area contributed by atoms with Gasteiger partial charge in [-0.3, -0.25) is 9.59 Å². The van der Waals surface area contributed by atoms with Crippen LogP contribution in [-0.2, 0) is 4.79 Å². The summed E-state index contributed by atoms with van der Waals surface area (Å²) < 4.78 is 0. The van der Waals surface area contributed by atoms with Crippen LogP contribution in [0.15, 0.2) is 24.3 Å². The van der Waals surface area contributed by atoms with E-state index in [1.54, 1.807) is 11.9 Å². The highest BCUT2D eigenvalue weighted by atomic mass is 16.2. The Hall–Kier alpha value is -1.88. The van der Waals surface area contributed by atoms with Gasteiger partial charge in [0.05, 0.1) is 13.1 Å². The van der Waals surface area contributed by atoms with E-state index < -0.39 is 0 Å². The van der Waals surface area contributed by atoms with Crippen LogP contribution in [0, 0.1) is 0 Å². The summed E-state index contributed by atoms with van der Waals surface area (Å²) in [4.78, 5) is 27.1. The van der Waals surface area contributed by atoms with Gasteiger partial charge in [-0.2, -0.15) is 0 Å². The van der Waals surface area contributed by atoms with E-state index in [1.807, 2.05) is 36.2 Å². The molecule has 0 bridgehead atoms. The average Bonchev–Trinajstić information content (AvgIpc) is 2.42. The Balaban J connectivity index is 2.06. The summed E-state index contributed by atoms with van der Waals surface area (Å²) in [5.41, 5.74) is 1.68. The number of rotatable bonds is 4. The molecule has 5 heteroatoms. The van der Waals surface area contributed by atoms with E-state index in [4.69, 9.17) is 0 Å². The van der Waals surface area contributed by atoms with Crippen molar-refractivity contribution in [2.45, 2.75) is 0 Å². The van der Waals surface area contributed by atoms with Crippen LogP contribution in [0.5, 0.6) is 0 Å². The Labute approximate surface area is 113 Å². The van der Waals surface area contributed by atoms with Gasteiger partial charge in [-0.15, -0.1) is 0 Å². The van der Waals surface area contributed by atoms with Crippen molar-refractivity contribution in [2.24, 2.45) is 0 Å². The largest absolute Gasteiger partial charge is 0.360 e. The summed E-state index contributed by atoms with van der Waals surface area (Å²) in [6.45, 7) is 2.30. The van der Waals surface area contributed by atoms with Crippen molar-refractivity contribution in [3.05, 3.63) is 29.8 Å². The zero-order valence-electron chi connectivity index (χ0n) is 11.3. The minimum Gasteiger partial charge on any atom is -0.360 e. The zero-order valence-corrected chi connectivity index (χ0v) is 11.3. The lowest BCUT2D eigenvalue weighted by Crippen LogP contribution is -2.48. The molecule has 1 aliphatic heterocycles. The summed E-state index contributed by atoms with van der Waals surface area (Å²) in [5.74, 6) is 0.199. The molecule has 0 unspecified atom stereocenters. The van der Waals surface area contributed by atoms with E-state index in [-0.39, 0.29) is 11.7 Å². The fourth-order valence-electron chi connectivity index (χ4n) is 2.10. The predicted molar refractivity (Wildman–Crippen MR) is 74.5 cm³/mol. The normalized spacial score (nSPS) is 15.8. The molecule has 2 rings (SSSR count). The summed E-state index contributed by atoms with van der Waals surface area (Å²) in [5, 5.41) is 2.84. The lowest BCUT2D eigenvalue weighted by molar-refractivity contribution is -0.129. The van der Waals surface area contributed by atoms with Gasteiger partial charge in [-0.05, 0) is 31.3 Å². The summed E-state index contributed by atoms with van der Waals surface area (Å²) in [6.07, 6.45) is 0. The van der Waals surface area contributed by atoms with E-state index in [0.717, 1.165) is 18.8 Å². The molecule has 102 valence electrons. The molecule has 1 aliphatic rings. The second-order valence-corrected chi connectivity index (χ2v) is 4.74. The summed E-state index contributed by atoms with van der Waals surface area (Å²) in [7, 11) is 3.57. The molecule has 1 aromatic rings. The number of nitrogens with zero attached hydrogens (tertiary/aromatic N) is 2. The van der Waals surface area contributed by atoms with E-state index in [2.05, 4.69) is 5.32 Å². The number of Topliss-reactive ketones (excluding diaryl/α,β-unsaturated/α-hetero) is 1. The third-order valence-corrected chi connectivity index (χ3v) is 3.35. The van der Waals surface area contributed by atoms with Crippen LogP contribution >= 0.6 is 0 Å². The topological polar surface area (TPSA) is 52.7 Å². The Morgan fingerprint density at radius 3 is 2.53 bits per heavy atom. The number of piperazine rings is 1. The Bertz CT molecular complexity index is 470. The monoisotopic (exact) mass is 261 g/mol. The molecule has 1 heterocycles. The molecule has 1 aromatic carbocycles. The van der Waals surface area contributed by atoms with Crippen molar-refractivity contribution in [1.82, 2.24) is 10.2 Å². The molecule has 1 amide bonds. The number of carbonyl (C=O) groups is 2. The third-order valence-electron chi connectivity index (χ3n) is 3.35. The van der Waals surface area contributed by atoms with Gasteiger partial charge in [0, 0.05) is 31.4 Å². The second-order valence-electron chi connectivity index (χ2n) is 4.74. The van der Waals surface area contributed by atoms with Gasteiger partial charge in [0.2, 0.25) is 5.91 Å². The van der Waals surface area contributed by atoms with Crippen molar-refractivity contribution in [2.75, 3.05) is 45.2 Å². The van der Waals surface area contributed by atoms with Crippen LogP contribution < -0.4 is 10.2 Å². The number of nitrogens with one attached hydrogen (secondary N) is 1. The molecular formula is C14H19N3O2. The van der Waals surface area contributed by atoms with Gasteiger partial charge in [-0.25, -0.2) is 0 Å². The number of carbonyl (C=O) groups excluding carboxylic acids is 2. The molecule has 1 saturated heterocycles. The zero-order chi connectivity index (χ0) is 13.8.